The summed E-state index contributed by atoms with van der Waals surface area (Å²) in [5.41, 5.74) is 2.19. The van der Waals surface area contributed by atoms with E-state index in [1.807, 2.05) is 20.8 Å². The Labute approximate surface area is 176 Å². The fraction of sp³-hybridized carbons (Fsp3) is 0.778. The molecule has 0 saturated heterocycles. The quantitative estimate of drug-likeness (QED) is 0.263. The van der Waals surface area contributed by atoms with Crippen LogP contribution in [-0.2, 0) is 17.2 Å². The van der Waals surface area contributed by atoms with Crippen LogP contribution in [0.2, 0.25) is 0 Å². The van der Waals surface area contributed by atoms with Crippen LogP contribution >= 0.6 is 24.0 Å². The minimum absolute atomic E-state index is 0. The predicted molar refractivity (Wildman–Crippen MR) is 119 cm³/mol. The summed E-state index contributed by atoms with van der Waals surface area (Å²) in [6, 6.07) is 0.364. The zero-order valence-electron chi connectivity index (χ0n) is 16.3. The molecule has 2 N–H and O–H groups in total. The maximum Gasteiger partial charge on any atom is 0.191 e. The van der Waals surface area contributed by atoms with E-state index in [1.165, 1.54) is 5.56 Å². The van der Waals surface area contributed by atoms with Crippen LogP contribution in [0, 0.1) is 13.8 Å². The summed E-state index contributed by atoms with van der Waals surface area (Å²) >= 11 is 0. The van der Waals surface area contributed by atoms with Crippen molar-refractivity contribution in [3.8, 4) is 0 Å². The molecule has 1 fully saturated rings. The second-order valence-electron chi connectivity index (χ2n) is 6.70. The fourth-order valence-electron chi connectivity index (χ4n) is 3.47. The minimum Gasteiger partial charge on any atom is -0.361 e. The zero-order valence-corrected chi connectivity index (χ0v) is 19.5. The zero-order chi connectivity index (χ0) is 18.2. The van der Waals surface area contributed by atoms with Gasteiger partial charge in [-0.3, -0.25) is 9.20 Å². The monoisotopic (exact) mass is 496 g/mol. The van der Waals surface area contributed by atoms with Crippen LogP contribution in [0.3, 0.4) is 0 Å². The molecule has 1 aliphatic rings. The van der Waals surface area contributed by atoms with Crippen molar-refractivity contribution in [3.63, 3.8) is 0 Å². The number of nitrogens with zero attached hydrogens (tertiary/aromatic N) is 2. The van der Waals surface area contributed by atoms with E-state index >= 15 is 0 Å². The van der Waals surface area contributed by atoms with Crippen LogP contribution < -0.4 is 10.6 Å². The van der Waals surface area contributed by atoms with Gasteiger partial charge >= 0.3 is 0 Å². The molecule has 6 nitrogen and oxygen atoms in total. The first-order valence-corrected chi connectivity index (χ1v) is 10.7. The Bertz CT molecular complexity index is 587. The Balaban J connectivity index is 0.00000338. The highest BCUT2D eigenvalue weighted by Gasteiger charge is 2.25. The maximum atomic E-state index is 12.1. The van der Waals surface area contributed by atoms with Crippen molar-refractivity contribution in [2.75, 3.05) is 19.3 Å². The van der Waals surface area contributed by atoms with Crippen LogP contribution in [-0.4, -0.2) is 46.0 Å². The van der Waals surface area contributed by atoms with Crippen molar-refractivity contribution < 1.29 is 8.73 Å². The van der Waals surface area contributed by atoms with Gasteiger partial charge in [-0.2, -0.15) is 0 Å². The lowest BCUT2D eigenvalue weighted by atomic mass is 9.95. The van der Waals surface area contributed by atoms with Crippen molar-refractivity contribution >= 4 is 40.7 Å². The third-order valence-electron chi connectivity index (χ3n) is 4.92. The summed E-state index contributed by atoms with van der Waals surface area (Å²) in [4.78, 5) is 4.33. The van der Waals surface area contributed by atoms with Crippen molar-refractivity contribution in [3.05, 3.63) is 17.0 Å². The molecule has 150 valence electrons. The smallest absolute Gasteiger partial charge is 0.191 e. The standard InChI is InChI=1S/C18H32N4O2S.HI/c1-5-25(23)16-9-6-8-15(12-16)21-18(19-4)20-11-7-10-17-13(2)22-24-14(17)3;/h15-16H,5-12H2,1-4H3,(H2,19,20,21);1H. The molecule has 0 bridgehead atoms. The molecular formula is C18H33IN4O2S. The van der Waals surface area contributed by atoms with Crippen molar-refractivity contribution in [2.45, 2.75) is 70.6 Å². The Morgan fingerprint density at radius 2 is 2.15 bits per heavy atom. The molecule has 1 heterocycles. The SMILES string of the molecule is CCS(=O)C1CCCC(NC(=NC)NCCCc2c(C)noc2C)C1.I. The van der Waals surface area contributed by atoms with Gasteiger partial charge in [0.15, 0.2) is 5.96 Å². The number of aromatic nitrogens is 1. The van der Waals surface area contributed by atoms with Crippen LogP contribution in [0.1, 0.15) is 56.0 Å². The first-order chi connectivity index (χ1) is 12.0. The van der Waals surface area contributed by atoms with Crippen LogP contribution in [0.5, 0.6) is 0 Å². The fourth-order valence-corrected chi connectivity index (χ4v) is 4.82. The molecule has 0 aromatic carbocycles. The van der Waals surface area contributed by atoms with E-state index in [-0.39, 0.29) is 24.0 Å². The summed E-state index contributed by atoms with van der Waals surface area (Å²) in [5, 5.41) is 11.2. The molecule has 1 aromatic rings. The molecule has 2 rings (SSSR count). The van der Waals surface area contributed by atoms with E-state index in [1.54, 1.807) is 7.05 Å². The molecule has 26 heavy (non-hydrogen) atoms. The number of hydrogen-bond donors (Lipinski definition) is 2. The average molecular weight is 496 g/mol. The van der Waals surface area contributed by atoms with Gasteiger partial charge in [0, 0.05) is 47.0 Å². The molecule has 1 saturated carbocycles. The number of aryl methyl sites for hydroxylation is 2. The Morgan fingerprint density at radius 1 is 1.38 bits per heavy atom. The summed E-state index contributed by atoms with van der Waals surface area (Å²) in [5.74, 6) is 2.51. The van der Waals surface area contributed by atoms with E-state index in [0.29, 0.717) is 11.3 Å². The van der Waals surface area contributed by atoms with Gasteiger partial charge in [-0.15, -0.1) is 24.0 Å². The van der Waals surface area contributed by atoms with Crippen LogP contribution in [0.4, 0.5) is 0 Å². The van der Waals surface area contributed by atoms with Crippen molar-refractivity contribution in [1.82, 2.24) is 15.8 Å². The number of halogens is 1. The molecule has 0 spiro atoms. The van der Waals surface area contributed by atoms with E-state index in [0.717, 1.165) is 68.2 Å². The summed E-state index contributed by atoms with van der Waals surface area (Å²) in [6.45, 7) is 6.80. The third kappa shape index (κ3) is 6.83. The highest BCUT2D eigenvalue weighted by molar-refractivity contribution is 14.0. The van der Waals surface area contributed by atoms with E-state index in [4.69, 9.17) is 4.52 Å². The van der Waals surface area contributed by atoms with Gasteiger partial charge in [-0.25, -0.2) is 0 Å². The number of nitrogens with one attached hydrogen (secondary N) is 2. The summed E-state index contributed by atoms with van der Waals surface area (Å²) in [7, 11) is 1.11. The molecular weight excluding hydrogens is 463 g/mol. The van der Waals surface area contributed by atoms with Crippen LogP contribution in [0.15, 0.2) is 9.52 Å². The second kappa shape index (κ2) is 11.9. The molecule has 1 aromatic heterocycles. The number of hydrogen-bond acceptors (Lipinski definition) is 4. The highest BCUT2D eigenvalue weighted by Crippen LogP contribution is 2.23. The second-order valence-corrected chi connectivity index (χ2v) is 8.71. The number of guanidine groups is 1. The van der Waals surface area contributed by atoms with E-state index in [9.17, 15) is 4.21 Å². The van der Waals surface area contributed by atoms with Gasteiger partial charge < -0.3 is 15.2 Å². The van der Waals surface area contributed by atoms with Crippen molar-refractivity contribution in [1.29, 1.82) is 0 Å². The van der Waals surface area contributed by atoms with Gasteiger partial charge in [-0.1, -0.05) is 18.5 Å². The molecule has 8 heteroatoms. The van der Waals surface area contributed by atoms with Crippen LogP contribution in [0.25, 0.3) is 0 Å². The van der Waals surface area contributed by atoms with Gasteiger partial charge in [0.25, 0.3) is 0 Å². The third-order valence-corrected chi connectivity index (χ3v) is 6.66. The summed E-state index contributed by atoms with van der Waals surface area (Å²) < 4.78 is 17.3. The average Bonchev–Trinajstić information content (AvgIpc) is 2.95. The highest BCUT2D eigenvalue weighted by atomic mass is 127. The van der Waals surface area contributed by atoms with E-state index in [2.05, 4.69) is 20.8 Å². The lowest BCUT2D eigenvalue weighted by Gasteiger charge is -2.30. The molecule has 0 amide bonds. The molecule has 0 aliphatic heterocycles. The first-order valence-electron chi connectivity index (χ1n) is 9.31. The lowest BCUT2D eigenvalue weighted by Crippen LogP contribution is -2.46. The molecule has 3 unspecified atom stereocenters. The van der Waals surface area contributed by atoms with Gasteiger partial charge in [0.1, 0.15) is 5.76 Å². The molecule has 1 aliphatic carbocycles. The maximum absolute atomic E-state index is 12.1. The van der Waals surface area contributed by atoms with Gasteiger partial charge in [0.2, 0.25) is 0 Å². The normalized spacial score (nSPS) is 21.8. The Morgan fingerprint density at radius 3 is 2.77 bits per heavy atom. The largest absolute Gasteiger partial charge is 0.361 e. The lowest BCUT2D eigenvalue weighted by molar-refractivity contribution is 0.392. The predicted octanol–water partition coefficient (Wildman–Crippen LogP) is 3.09. The summed E-state index contributed by atoms with van der Waals surface area (Å²) in [6.07, 6.45) is 6.26. The molecule has 3 atom stereocenters. The topological polar surface area (TPSA) is 79.5 Å². The Hall–Kier alpha value is -0.640. The number of aliphatic imine (C=N–C) groups is 1. The van der Waals surface area contributed by atoms with Gasteiger partial charge in [-0.05, 0) is 46.0 Å². The van der Waals surface area contributed by atoms with Gasteiger partial charge in [0.05, 0.1) is 5.69 Å². The van der Waals surface area contributed by atoms with Crippen molar-refractivity contribution in [2.24, 2.45) is 4.99 Å². The Kier molecular flexibility index (Phi) is 10.7. The number of rotatable bonds is 7. The first kappa shape index (κ1) is 23.4. The van der Waals surface area contributed by atoms with E-state index < -0.39 is 10.8 Å². The molecule has 0 radical (unpaired) electrons. The minimum atomic E-state index is -0.695.